The van der Waals surface area contributed by atoms with Gasteiger partial charge in [0.05, 0.1) is 17.7 Å². The van der Waals surface area contributed by atoms with Crippen LogP contribution in [0, 0.1) is 5.82 Å². The maximum absolute atomic E-state index is 14.7. The fourth-order valence-corrected chi connectivity index (χ4v) is 4.61. The second-order valence-electron chi connectivity index (χ2n) is 7.00. The van der Waals surface area contributed by atoms with E-state index in [0.717, 1.165) is 6.07 Å². The van der Waals surface area contributed by atoms with Crippen LogP contribution in [0.3, 0.4) is 0 Å². The summed E-state index contributed by atoms with van der Waals surface area (Å²) in [5, 5.41) is 3.49. The highest BCUT2D eigenvalue weighted by Gasteiger charge is 2.22. The lowest BCUT2D eigenvalue weighted by atomic mass is 10.1. The molecule has 3 aromatic heterocycles. The summed E-state index contributed by atoms with van der Waals surface area (Å²) in [6.07, 6.45) is 2.73. The van der Waals surface area contributed by atoms with Crippen LogP contribution in [0.25, 0.3) is 22.2 Å². The van der Waals surface area contributed by atoms with Gasteiger partial charge < -0.3 is 15.0 Å². The lowest BCUT2D eigenvalue weighted by Gasteiger charge is -2.12. The molecule has 0 amide bonds. The number of nitrogens with one attached hydrogen (secondary N) is 3. The molecular weight excluding hydrogens is 487 g/mol. The highest BCUT2D eigenvalue weighted by atomic mass is 35.5. The van der Waals surface area contributed by atoms with E-state index in [1.165, 1.54) is 43.8 Å². The van der Waals surface area contributed by atoms with E-state index < -0.39 is 21.4 Å². The molecule has 0 aliphatic carbocycles. The summed E-state index contributed by atoms with van der Waals surface area (Å²) < 4.78 is 47.9. The first-order valence-electron chi connectivity index (χ1n) is 9.88. The number of pyridine rings is 2. The van der Waals surface area contributed by atoms with Crippen molar-refractivity contribution in [3.8, 4) is 17.0 Å². The van der Waals surface area contributed by atoms with Crippen LogP contribution in [0.5, 0.6) is 5.88 Å². The van der Waals surface area contributed by atoms with Gasteiger partial charge in [-0.1, -0.05) is 11.6 Å². The van der Waals surface area contributed by atoms with Gasteiger partial charge in [-0.2, -0.15) is 4.98 Å². The molecule has 0 aliphatic heterocycles. The van der Waals surface area contributed by atoms with Crippen LogP contribution in [0.1, 0.15) is 6.92 Å². The number of aromatic nitrogens is 4. The first-order chi connectivity index (χ1) is 16.2. The van der Waals surface area contributed by atoms with Crippen LogP contribution in [-0.4, -0.2) is 42.0 Å². The van der Waals surface area contributed by atoms with Gasteiger partial charge in [0.2, 0.25) is 11.8 Å². The zero-order chi connectivity index (χ0) is 24.5. The van der Waals surface area contributed by atoms with Crippen molar-refractivity contribution in [2.24, 2.45) is 0 Å². The Morgan fingerprint density at radius 3 is 2.68 bits per heavy atom. The summed E-state index contributed by atoms with van der Waals surface area (Å²) in [6, 6.07) is 6.10. The Kier molecular flexibility index (Phi) is 6.35. The highest BCUT2D eigenvalue weighted by Crippen LogP contribution is 2.29. The Morgan fingerprint density at radius 2 is 1.94 bits per heavy atom. The number of methoxy groups -OCH3 is 1. The van der Waals surface area contributed by atoms with E-state index in [4.69, 9.17) is 16.3 Å². The number of nitrogens with zero attached hydrogens (tertiary/aromatic N) is 3. The van der Waals surface area contributed by atoms with Gasteiger partial charge in [0, 0.05) is 35.6 Å². The predicted molar refractivity (Wildman–Crippen MR) is 126 cm³/mol. The first kappa shape index (κ1) is 23.4. The number of rotatable bonds is 7. The van der Waals surface area contributed by atoms with E-state index in [-0.39, 0.29) is 38.3 Å². The summed E-state index contributed by atoms with van der Waals surface area (Å²) in [4.78, 5) is 27.2. The van der Waals surface area contributed by atoms with Crippen molar-refractivity contribution in [3.05, 3.63) is 63.9 Å². The Morgan fingerprint density at radius 1 is 1.15 bits per heavy atom. The molecule has 0 spiro atoms. The van der Waals surface area contributed by atoms with Crippen molar-refractivity contribution < 1.29 is 17.5 Å². The number of halogens is 2. The molecule has 34 heavy (non-hydrogen) atoms. The zero-order valence-corrected chi connectivity index (χ0v) is 19.5. The molecule has 0 atom stereocenters. The van der Waals surface area contributed by atoms with Gasteiger partial charge in [-0.15, -0.1) is 0 Å². The third kappa shape index (κ3) is 4.63. The van der Waals surface area contributed by atoms with Crippen LogP contribution in [0.4, 0.5) is 16.0 Å². The number of aromatic amines is 1. The number of sulfonamides is 1. The second kappa shape index (κ2) is 9.23. The number of ether oxygens (including phenoxy) is 1. The number of H-pyrrole nitrogens is 1. The molecule has 0 aliphatic rings. The normalized spacial score (nSPS) is 11.4. The van der Waals surface area contributed by atoms with Crippen molar-refractivity contribution >= 4 is 44.3 Å². The van der Waals surface area contributed by atoms with E-state index in [1.807, 2.05) is 6.92 Å². The zero-order valence-electron chi connectivity index (χ0n) is 17.9. The lowest BCUT2D eigenvalue weighted by molar-refractivity contribution is 0.385. The standard InChI is InChI=1S/C21H18ClFN6O4S/c1-3-24-21-26-9-11-6-15(19(30)27-18(11)28-21)14-8-13(4-5-16(14)23)29-34(31,32)17-7-12(22)10-25-20(17)33-2/h4-10,29H,3H2,1-2H3,(H2,24,26,27,28,30). The first-order valence-corrected chi connectivity index (χ1v) is 11.7. The Labute approximate surface area is 198 Å². The second-order valence-corrected chi connectivity index (χ2v) is 9.09. The fourth-order valence-electron chi connectivity index (χ4n) is 3.20. The van der Waals surface area contributed by atoms with Gasteiger partial charge in [-0.25, -0.2) is 22.8 Å². The molecular formula is C21H18ClFN6O4S. The molecule has 4 aromatic rings. The van der Waals surface area contributed by atoms with Gasteiger partial charge in [0.25, 0.3) is 15.6 Å². The van der Waals surface area contributed by atoms with Crippen molar-refractivity contribution in [1.82, 2.24) is 19.9 Å². The molecule has 0 saturated carbocycles. The monoisotopic (exact) mass is 504 g/mol. The highest BCUT2D eigenvalue weighted by molar-refractivity contribution is 7.92. The molecule has 0 unspecified atom stereocenters. The number of hydrogen-bond donors (Lipinski definition) is 3. The van der Waals surface area contributed by atoms with E-state index in [2.05, 4.69) is 30.0 Å². The Bertz CT molecular complexity index is 1560. The molecule has 0 saturated heterocycles. The molecule has 3 heterocycles. The fraction of sp³-hybridized carbons (Fsp3) is 0.143. The minimum absolute atomic E-state index is 0.0108. The minimum atomic E-state index is -4.20. The number of benzene rings is 1. The van der Waals surface area contributed by atoms with E-state index in [0.29, 0.717) is 17.9 Å². The minimum Gasteiger partial charge on any atom is -0.480 e. The maximum Gasteiger partial charge on any atom is 0.267 e. The van der Waals surface area contributed by atoms with E-state index in [9.17, 15) is 17.6 Å². The third-order valence-corrected chi connectivity index (χ3v) is 6.29. The van der Waals surface area contributed by atoms with Crippen LogP contribution >= 0.6 is 11.6 Å². The molecule has 13 heteroatoms. The topological polar surface area (TPSA) is 139 Å². The quantitative estimate of drug-likeness (QED) is 0.348. The van der Waals surface area contributed by atoms with Crippen LogP contribution < -0.4 is 20.3 Å². The van der Waals surface area contributed by atoms with Crippen molar-refractivity contribution in [1.29, 1.82) is 0 Å². The van der Waals surface area contributed by atoms with Crippen LogP contribution in [0.2, 0.25) is 5.02 Å². The van der Waals surface area contributed by atoms with Gasteiger partial charge in [-0.3, -0.25) is 9.52 Å². The van der Waals surface area contributed by atoms with Crippen molar-refractivity contribution in [2.75, 3.05) is 23.7 Å². The number of hydrogen-bond acceptors (Lipinski definition) is 8. The molecule has 0 fully saturated rings. The smallest absolute Gasteiger partial charge is 0.267 e. The Balaban J connectivity index is 1.75. The average Bonchev–Trinajstić information content (AvgIpc) is 2.80. The summed E-state index contributed by atoms with van der Waals surface area (Å²) in [5.41, 5.74) is -0.453. The molecule has 0 bridgehead atoms. The molecule has 4 rings (SSSR count). The van der Waals surface area contributed by atoms with Crippen LogP contribution in [0.15, 0.2) is 52.4 Å². The summed E-state index contributed by atoms with van der Waals surface area (Å²) >= 11 is 5.89. The van der Waals surface area contributed by atoms with Gasteiger partial charge in [-0.05, 0) is 37.3 Å². The Hall–Kier alpha value is -3.77. The lowest BCUT2D eigenvalue weighted by Crippen LogP contribution is -2.15. The molecule has 176 valence electrons. The maximum atomic E-state index is 14.7. The van der Waals surface area contributed by atoms with Gasteiger partial charge in [0.15, 0.2) is 4.90 Å². The average molecular weight is 505 g/mol. The van der Waals surface area contributed by atoms with Crippen molar-refractivity contribution in [3.63, 3.8) is 0 Å². The van der Waals surface area contributed by atoms with Gasteiger partial charge >= 0.3 is 0 Å². The molecule has 1 aromatic carbocycles. The van der Waals surface area contributed by atoms with E-state index in [1.54, 1.807) is 0 Å². The SMILES string of the molecule is CCNc1ncc2cc(-c3cc(NS(=O)(=O)c4cc(Cl)cnc4OC)ccc3F)c(=O)[nH]c2n1. The number of fused-ring (bicyclic) bond motifs is 1. The summed E-state index contributed by atoms with van der Waals surface area (Å²) in [5.74, 6) is -0.547. The third-order valence-electron chi connectivity index (χ3n) is 4.70. The van der Waals surface area contributed by atoms with Crippen molar-refractivity contribution in [2.45, 2.75) is 11.8 Å². The molecule has 3 N–H and O–H groups in total. The largest absolute Gasteiger partial charge is 0.480 e. The number of anilines is 2. The summed E-state index contributed by atoms with van der Waals surface area (Å²) in [7, 11) is -2.94. The van der Waals surface area contributed by atoms with Gasteiger partial charge in [0.1, 0.15) is 11.5 Å². The molecule has 0 radical (unpaired) electrons. The predicted octanol–water partition coefficient (Wildman–Crippen LogP) is 3.41. The van der Waals surface area contributed by atoms with E-state index >= 15 is 0 Å². The molecule has 10 nitrogen and oxygen atoms in total. The summed E-state index contributed by atoms with van der Waals surface area (Å²) in [6.45, 7) is 2.47. The van der Waals surface area contributed by atoms with Crippen LogP contribution in [-0.2, 0) is 10.0 Å².